The van der Waals surface area contributed by atoms with E-state index in [-0.39, 0.29) is 5.02 Å². The second kappa shape index (κ2) is 6.06. The van der Waals surface area contributed by atoms with Crippen molar-refractivity contribution in [3.63, 3.8) is 0 Å². The maximum Gasteiger partial charge on any atom is 0.141 e. The van der Waals surface area contributed by atoms with Crippen LogP contribution >= 0.6 is 11.6 Å². The third-order valence-corrected chi connectivity index (χ3v) is 3.26. The molecule has 5 heteroatoms. The molecule has 1 heterocycles. The second-order valence-corrected chi connectivity index (χ2v) is 4.69. The average molecular weight is 282 g/mol. The minimum absolute atomic E-state index is 0.128. The smallest absolute Gasteiger partial charge is 0.141 e. The zero-order valence-corrected chi connectivity index (χ0v) is 11.8. The van der Waals surface area contributed by atoms with Gasteiger partial charge in [0.15, 0.2) is 0 Å². The highest BCUT2D eigenvalue weighted by molar-refractivity contribution is 6.31. The van der Waals surface area contributed by atoms with E-state index in [1.807, 2.05) is 4.68 Å². The van der Waals surface area contributed by atoms with Crippen LogP contribution in [0, 0.1) is 5.82 Å². The summed E-state index contributed by atoms with van der Waals surface area (Å²) in [5.41, 5.74) is 2.99. The minimum atomic E-state index is -0.404. The van der Waals surface area contributed by atoms with Crippen LogP contribution in [0.5, 0.6) is 0 Å². The van der Waals surface area contributed by atoms with Gasteiger partial charge < -0.3 is 5.32 Å². The molecule has 1 aromatic carbocycles. The third kappa shape index (κ3) is 3.26. The summed E-state index contributed by atoms with van der Waals surface area (Å²) in [5.74, 6) is -0.404. The highest BCUT2D eigenvalue weighted by atomic mass is 35.5. The van der Waals surface area contributed by atoms with Gasteiger partial charge in [0, 0.05) is 12.2 Å². The Labute approximate surface area is 117 Å². The van der Waals surface area contributed by atoms with Gasteiger partial charge in [-0.3, -0.25) is 4.68 Å². The molecule has 0 fully saturated rings. The molecule has 0 atom stereocenters. The molecule has 19 heavy (non-hydrogen) atoms. The molecule has 0 saturated heterocycles. The average Bonchev–Trinajstić information content (AvgIpc) is 2.82. The zero-order chi connectivity index (χ0) is 13.8. The molecule has 0 radical (unpaired) electrons. The SMILES string of the molecule is CCc1cc(CNc2ccc(F)c(Cl)c2)n(CC)n1. The van der Waals surface area contributed by atoms with Gasteiger partial charge in [-0.15, -0.1) is 0 Å². The lowest BCUT2D eigenvalue weighted by Gasteiger charge is -2.08. The van der Waals surface area contributed by atoms with Crippen molar-refractivity contribution < 1.29 is 4.39 Å². The van der Waals surface area contributed by atoms with E-state index in [2.05, 4.69) is 30.3 Å². The summed E-state index contributed by atoms with van der Waals surface area (Å²) in [6.45, 7) is 5.62. The molecule has 1 aromatic heterocycles. The van der Waals surface area contributed by atoms with E-state index in [4.69, 9.17) is 11.6 Å². The lowest BCUT2D eigenvalue weighted by atomic mass is 10.2. The number of aromatic nitrogens is 2. The van der Waals surface area contributed by atoms with E-state index in [1.54, 1.807) is 12.1 Å². The quantitative estimate of drug-likeness (QED) is 0.902. The van der Waals surface area contributed by atoms with Crippen LogP contribution in [0.15, 0.2) is 24.3 Å². The first kappa shape index (κ1) is 13.9. The predicted octanol–water partition coefficient (Wildman–Crippen LogP) is 3.87. The summed E-state index contributed by atoms with van der Waals surface area (Å²) in [5, 5.41) is 7.84. The number of nitrogens with zero attached hydrogens (tertiary/aromatic N) is 2. The number of hydrogen-bond donors (Lipinski definition) is 1. The highest BCUT2D eigenvalue weighted by Crippen LogP contribution is 2.20. The van der Waals surface area contributed by atoms with Crippen molar-refractivity contribution >= 4 is 17.3 Å². The fourth-order valence-electron chi connectivity index (χ4n) is 1.90. The maximum atomic E-state index is 13.1. The molecule has 0 aliphatic heterocycles. The molecule has 0 aliphatic carbocycles. The molecule has 0 amide bonds. The van der Waals surface area contributed by atoms with E-state index in [0.29, 0.717) is 6.54 Å². The normalized spacial score (nSPS) is 10.7. The van der Waals surface area contributed by atoms with Gasteiger partial charge in [0.25, 0.3) is 0 Å². The number of anilines is 1. The molecule has 0 aliphatic rings. The van der Waals surface area contributed by atoms with Crippen molar-refractivity contribution in [1.29, 1.82) is 0 Å². The van der Waals surface area contributed by atoms with Gasteiger partial charge in [-0.1, -0.05) is 18.5 Å². The number of rotatable bonds is 5. The van der Waals surface area contributed by atoms with Crippen LogP contribution < -0.4 is 5.32 Å². The van der Waals surface area contributed by atoms with Gasteiger partial charge in [0.05, 0.1) is 23.0 Å². The van der Waals surface area contributed by atoms with Crippen molar-refractivity contribution in [2.45, 2.75) is 33.4 Å². The van der Waals surface area contributed by atoms with Crippen molar-refractivity contribution in [3.8, 4) is 0 Å². The van der Waals surface area contributed by atoms with E-state index >= 15 is 0 Å². The van der Waals surface area contributed by atoms with Gasteiger partial charge in [0.1, 0.15) is 5.82 Å². The maximum absolute atomic E-state index is 13.1. The zero-order valence-electron chi connectivity index (χ0n) is 11.1. The molecule has 0 spiro atoms. The van der Waals surface area contributed by atoms with Crippen LogP contribution in [0.3, 0.4) is 0 Å². The first-order valence-corrected chi connectivity index (χ1v) is 6.76. The van der Waals surface area contributed by atoms with Gasteiger partial charge >= 0.3 is 0 Å². The second-order valence-electron chi connectivity index (χ2n) is 4.28. The molecule has 102 valence electrons. The van der Waals surface area contributed by atoms with Gasteiger partial charge in [0.2, 0.25) is 0 Å². The van der Waals surface area contributed by atoms with Crippen molar-refractivity contribution in [1.82, 2.24) is 9.78 Å². The summed E-state index contributed by atoms with van der Waals surface area (Å²) >= 11 is 5.75. The molecular formula is C14H17ClFN3. The molecule has 0 saturated carbocycles. The van der Waals surface area contributed by atoms with Crippen molar-refractivity contribution in [3.05, 3.63) is 46.5 Å². The Morgan fingerprint density at radius 2 is 2.11 bits per heavy atom. The fourth-order valence-corrected chi connectivity index (χ4v) is 2.08. The first-order valence-electron chi connectivity index (χ1n) is 6.38. The third-order valence-electron chi connectivity index (χ3n) is 2.97. The summed E-state index contributed by atoms with van der Waals surface area (Å²) in [4.78, 5) is 0. The Balaban J connectivity index is 2.09. The predicted molar refractivity (Wildman–Crippen MR) is 76.0 cm³/mol. The number of nitrogens with one attached hydrogen (secondary N) is 1. The fraction of sp³-hybridized carbons (Fsp3) is 0.357. The number of hydrogen-bond acceptors (Lipinski definition) is 2. The Kier molecular flexibility index (Phi) is 4.43. The van der Waals surface area contributed by atoms with E-state index in [0.717, 1.165) is 30.0 Å². The Morgan fingerprint density at radius 1 is 1.32 bits per heavy atom. The van der Waals surface area contributed by atoms with Crippen LogP contribution in [0.25, 0.3) is 0 Å². The molecule has 0 bridgehead atoms. The van der Waals surface area contributed by atoms with Gasteiger partial charge in [-0.05, 0) is 37.6 Å². The highest BCUT2D eigenvalue weighted by Gasteiger charge is 2.06. The lowest BCUT2D eigenvalue weighted by molar-refractivity contribution is 0.619. The molecule has 2 rings (SSSR count). The summed E-state index contributed by atoms with van der Waals surface area (Å²) in [6, 6.07) is 6.71. The van der Waals surface area contributed by atoms with Crippen LogP contribution in [0.2, 0.25) is 5.02 Å². The molecule has 2 aromatic rings. The van der Waals surface area contributed by atoms with E-state index in [9.17, 15) is 4.39 Å². The summed E-state index contributed by atoms with van der Waals surface area (Å²) < 4.78 is 15.0. The lowest BCUT2D eigenvalue weighted by Crippen LogP contribution is -2.07. The number of halogens is 2. The summed E-state index contributed by atoms with van der Waals surface area (Å²) in [7, 11) is 0. The van der Waals surface area contributed by atoms with Gasteiger partial charge in [-0.25, -0.2) is 4.39 Å². The van der Waals surface area contributed by atoms with Crippen LogP contribution in [0.1, 0.15) is 25.2 Å². The minimum Gasteiger partial charge on any atom is -0.379 e. The monoisotopic (exact) mass is 281 g/mol. The van der Waals surface area contributed by atoms with E-state index in [1.165, 1.54) is 6.07 Å². The molecule has 3 nitrogen and oxygen atoms in total. The molecule has 0 unspecified atom stereocenters. The Bertz CT molecular complexity index is 566. The Hall–Kier alpha value is -1.55. The van der Waals surface area contributed by atoms with Crippen molar-refractivity contribution in [2.75, 3.05) is 5.32 Å². The van der Waals surface area contributed by atoms with Crippen molar-refractivity contribution in [2.24, 2.45) is 0 Å². The van der Waals surface area contributed by atoms with Gasteiger partial charge in [-0.2, -0.15) is 5.10 Å². The largest absolute Gasteiger partial charge is 0.379 e. The van der Waals surface area contributed by atoms with Crippen LogP contribution in [0.4, 0.5) is 10.1 Å². The number of benzene rings is 1. The topological polar surface area (TPSA) is 29.9 Å². The standard InChI is InChI=1S/C14H17ClFN3/c1-3-10-7-12(19(4-2)18-10)9-17-11-5-6-14(16)13(15)8-11/h5-8,17H,3-4,9H2,1-2H3. The first-order chi connectivity index (χ1) is 9.13. The Morgan fingerprint density at radius 3 is 2.74 bits per heavy atom. The number of aryl methyl sites for hydroxylation is 2. The molecular weight excluding hydrogens is 265 g/mol. The van der Waals surface area contributed by atoms with Crippen LogP contribution in [-0.2, 0) is 19.5 Å². The van der Waals surface area contributed by atoms with Crippen LogP contribution in [-0.4, -0.2) is 9.78 Å². The van der Waals surface area contributed by atoms with E-state index < -0.39 is 5.82 Å². The summed E-state index contributed by atoms with van der Waals surface area (Å²) in [6.07, 6.45) is 0.919. The molecule has 1 N–H and O–H groups in total.